The third kappa shape index (κ3) is 6.00. The molecule has 2 atom stereocenters. The van der Waals surface area contributed by atoms with Gasteiger partial charge in [0.1, 0.15) is 5.75 Å². The largest absolute Gasteiger partial charge is 0.495 e. The highest BCUT2D eigenvalue weighted by molar-refractivity contribution is 9.10. The number of hydrazine groups is 1. The molecule has 9 nitrogen and oxygen atoms in total. The van der Waals surface area contributed by atoms with Gasteiger partial charge in [-0.1, -0.05) is 0 Å². The number of nitrogens with zero attached hydrogens (tertiary/aromatic N) is 3. The number of aromatic nitrogens is 2. The predicted molar refractivity (Wildman–Crippen MR) is 135 cm³/mol. The van der Waals surface area contributed by atoms with Crippen molar-refractivity contribution < 1.29 is 13.9 Å². The number of nitrogens with one attached hydrogen (secondary N) is 4. The van der Waals surface area contributed by atoms with Crippen LogP contribution < -0.4 is 26.1 Å². The summed E-state index contributed by atoms with van der Waals surface area (Å²) in [5, 5.41) is 13.1. The van der Waals surface area contributed by atoms with Crippen molar-refractivity contribution in [2.75, 3.05) is 36.3 Å². The highest BCUT2D eigenvalue weighted by Crippen LogP contribution is 2.31. The van der Waals surface area contributed by atoms with E-state index in [2.05, 4.69) is 61.1 Å². The normalized spacial score (nSPS) is 18.4. The van der Waals surface area contributed by atoms with Gasteiger partial charge in [0.05, 0.1) is 23.9 Å². The second-order valence-corrected chi connectivity index (χ2v) is 9.83. The maximum absolute atomic E-state index is 14.5. The van der Waals surface area contributed by atoms with Crippen molar-refractivity contribution in [1.29, 1.82) is 0 Å². The molecule has 1 saturated heterocycles. The van der Waals surface area contributed by atoms with Gasteiger partial charge in [-0.15, -0.1) is 11.3 Å². The number of carbonyl (C=O) groups is 1. The number of hydrogen-bond donors (Lipinski definition) is 4. The Morgan fingerprint density at radius 3 is 2.74 bits per heavy atom. The molecule has 4 rings (SSSR count). The molecule has 2 aromatic heterocycles. The number of halogens is 2. The summed E-state index contributed by atoms with van der Waals surface area (Å²) in [6.45, 7) is 5.71. The molecule has 1 fully saturated rings. The monoisotopic (exact) mass is 549 g/mol. The van der Waals surface area contributed by atoms with Gasteiger partial charge in [0, 0.05) is 40.7 Å². The molecule has 4 N–H and O–H groups in total. The fourth-order valence-corrected chi connectivity index (χ4v) is 5.03. The number of rotatable bonds is 7. The first-order valence-corrected chi connectivity index (χ1v) is 12.3. The fraction of sp³-hybridized carbons (Fsp3) is 0.318. The summed E-state index contributed by atoms with van der Waals surface area (Å²) in [5.74, 6) is -0.0985. The van der Waals surface area contributed by atoms with Crippen molar-refractivity contribution in [2.24, 2.45) is 0 Å². The maximum Gasteiger partial charge on any atom is 0.265 e. The molecular formula is C22H25BrFN7O2S. The van der Waals surface area contributed by atoms with Gasteiger partial charge in [0.15, 0.2) is 11.6 Å². The van der Waals surface area contributed by atoms with Gasteiger partial charge in [0.25, 0.3) is 5.91 Å². The van der Waals surface area contributed by atoms with Gasteiger partial charge in [-0.25, -0.2) is 14.4 Å². The molecule has 0 unspecified atom stereocenters. The first-order chi connectivity index (χ1) is 16.3. The van der Waals surface area contributed by atoms with Crippen molar-refractivity contribution in [3.8, 4) is 5.75 Å². The number of piperazine rings is 1. The van der Waals surface area contributed by atoms with E-state index >= 15 is 0 Å². The van der Waals surface area contributed by atoms with E-state index in [0.717, 1.165) is 23.8 Å². The second kappa shape index (κ2) is 10.6. The molecule has 1 aromatic carbocycles. The lowest BCUT2D eigenvalue weighted by molar-refractivity contribution is 0.103. The number of anilines is 4. The van der Waals surface area contributed by atoms with E-state index in [9.17, 15) is 9.18 Å². The van der Waals surface area contributed by atoms with Crippen molar-refractivity contribution in [1.82, 2.24) is 20.3 Å². The van der Waals surface area contributed by atoms with E-state index in [1.54, 1.807) is 24.3 Å². The Morgan fingerprint density at radius 2 is 2.06 bits per heavy atom. The highest BCUT2D eigenvalue weighted by atomic mass is 79.9. The van der Waals surface area contributed by atoms with E-state index in [0.29, 0.717) is 34.1 Å². The van der Waals surface area contributed by atoms with Gasteiger partial charge in [-0.05, 0) is 54.0 Å². The molecule has 180 valence electrons. The fourth-order valence-electron chi connectivity index (χ4n) is 3.70. The maximum atomic E-state index is 14.5. The Balaban J connectivity index is 1.51. The summed E-state index contributed by atoms with van der Waals surface area (Å²) in [6, 6.07) is 7.40. The average molecular weight is 550 g/mol. The summed E-state index contributed by atoms with van der Waals surface area (Å²) in [4.78, 5) is 21.5. The van der Waals surface area contributed by atoms with Crippen molar-refractivity contribution >= 4 is 56.3 Å². The molecule has 0 radical (unpaired) electrons. The zero-order valence-electron chi connectivity index (χ0n) is 18.9. The van der Waals surface area contributed by atoms with Crippen LogP contribution in [0.2, 0.25) is 0 Å². The number of hydrogen-bond acceptors (Lipinski definition) is 9. The molecule has 1 amide bonds. The second-order valence-electron chi connectivity index (χ2n) is 8.00. The predicted octanol–water partition coefficient (Wildman–Crippen LogP) is 4.45. The van der Waals surface area contributed by atoms with E-state index in [1.807, 2.05) is 10.4 Å². The summed E-state index contributed by atoms with van der Waals surface area (Å²) in [5.41, 5.74) is 4.12. The van der Waals surface area contributed by atoms with Crippen LogP contribution in [0.15, 0.2) is 40.3 Å². The zero-order chi connectivity index (χ0) is 24.2. The average Bonchev–Trinajstić information content (AvgIpc) is 3.22. The Bertz CT molecular complexity index is 1170. The van der Waals surface area contributed by atoms with Crippen LogP contribution in [-0.4, -0.2) is 53.2 Å². The molecule has 0 bridgehead atoms. The smallest absolute Gasteiger partial charge is 0.265 e. The van der Waals surface area contributed by atoms with Gasteiger partial charge >= 0.3 is 0 Å². The number of ether oxygens (including phenoxy) is 1. The SMILES string of the molecule is COc1ccc(Nc2nc(NN3C[C@@H](C)N[C@@H](C)C3)ncc2F)cc1NC(=O)c1cc(Br)cs1. The molecule has 3 heterocycles. The Kier molecular flexibility index (Phi) is 7.61. The van der Waals surface area contributed by atoms with Crippen LogP contribution in [0.1, 0.15) is 23.5 Å². The number of benzene rings is 1. The van der Waals surface area contributed by atoms with E-state index in [-0.39, 0.29) is 17.7 Å². The number of carbonyl (C=O) groups excluding carboxylic acids is 1. The van der Waals surface area contributed by atoms with Crippen LogP contribution in [0.3, 0.4) is 0 Å². The van der Waals surface area contributed by atoms with Gasteiger partial charge in [-0.2, -0.15) is 4.98 Å². The third-order valence-corrected chi connectivity index (χ3v) is 6.75. The first-order valence-electron chi connectivity index (χ1n) is 10.6. The zero-order valence-corrected chi connectivity index (χ0v) is 21.3. The number of amides is 1. The van der Waals surface area contributed by atoms with E-state index < -0.39 is 5.82 Å². The lowest BCUT2D eigenvalue weighted by atomic mass is 10.2. The van der Waals surface area contributed by atoms with Crippen molar-refractivity contribution in [2.45, 2.75) is 25.9 Å². The Hall–Kier alpha value is -2.80. The van der Waals surface area contributed by atoms with Crippen LogP contribution in [-0.2, 0) is 0 Å². The topological polar surface area (TPSA) is 103 Å². The van der Waals surface area contributed by atoms with Crippen LogP contribution >= 0.6 is 27.3 Å². The standard InChI is InChI=1S/C22H25BrFN7O2S/c1-12-9-31(10-13(2)26-12)30-22-25-8-16(24)20(29-22)27-15-4-5-18(33-3)17(7-15)28-21(32)19-6-14(23)11-34-19/h4-8,11-13,26H,9-10H2,1-3H3,(H,28,32)(H2,25,27,29,30)/t12-,13+. The molecule has 0 saturated carbocycles. The minimum Gasteiger partial charge on any atom is -0.495 e. The van der Waals surface area contributed by atoms with Crippen LogP contribution in [0, 0.1) is 5.82 Å². The van der Waals surface area contributed by atoms with E-state index in [4.69, 9.17) is 4.74 Å². The molecule has 1 aliphatic rings. The van der Waals surface area contributed by atoms with Gasteiger partial charge in [0.2, 0.25) is 5.95 Å². The van der Waals surface area contributed by atoms with Gasteiger partial charge in [-0.3, -0.25) is 10.2 Å². The Morgan fingerprint density at radius 1 is 1.29 bits per heavy atom. The molecule has 0 spiro atoms. The lowest BCUT2D eigenvalue weighted by Gasteiger charge is -2.35. The number of methoxy groups -OCH3 is 1. The van der Waals surface area contributed by atoms with Crippen LogP contribution in [0.4, 0.5) is 27.5 Å². The minimum atomic E-state index is -0.600. The highest BCUT2D eigenvalue weighted by Gasteiger charge is 2.22. The summed E-state index contributed by atoms with van der Waals surface area (Å²) >= 11 is 4.67. The molecular weight excluding hydrogens is 525 g/mol. The van der Waals surface area contributed by atoms with Crippen molar-refractivity contribution in [3.05, 3.63) is 51.0 Å². The van der Waals surface area contributed by atoms with Crippen molar-refractivity contribution in [3.63, 3.8) is 0 Å². The Labute approximate surface area is 209 Å². The molecule has 12 heteroatoms. The molecule has 34 heavy (non-hydrogen) atoms. The minimum absolute atomic E-state index is 0.0124. The van der Waals surface area contributed by atoms with E-state index in [1.165, 1.54) is 18.4 Å². The third-order valence-electron chi connectivity index (χ3n) is 5.06. The summed E-state index contributed by atoms with van der Waals surface area (Å²) in [7, 11) is 1.51. The molecule has 3 aromatic rings. The number of thiophene rings is 1. The van der Waals surface area contributed by atoms with Gasteiger partial charge < -0.3 is 20.7 Å². The molecule has 1 aliphatic heterocycles. The van der Waals surface area contributed by atoms with Crippen LogP contribution in [0.5, 0.6) is 5.75 Å². The quantitative estimate of drug-likeness (QED) is 0.342. The summed E-state index contributed by atoms with van der Waals surface area (Å²) < 4.78 is 20.7. The lowest BCUT2D eigenvalue weighted by Crippen LogP contribution is -2.55. The molecule has 0 aliphatic carbocycles. The summed E-state index contributed by atoms with van der Waals surface area (Å²) in [6.07, 6.45) is 1.12. The van der Waals surface area contributed by atoms with Crippen LogP contribution in [0.25, 0.3) is 0 Å². The first kappa shape index (κ1) is 24.3.